The number of H-pyrrole nitrogens is 1. The average molecular weight is 416 g/mol. The molecule has 3 aromatic rings. The number of hydrogen-bond acceptors (Lipinski definition) is 6. The van der Waals surface area contributed by atoms with E-state index < -0.39 is 0 Å². The summed E-state index contributed by atoms with van der Waals surface area (Å²) in [6.07, 6.45) is 4.28. The van der Waals surface area contributed by atoms with Crippen LogP contribution in [-0.4, -0.2) is 53.3 Å². The first-order valence-electron chi connectivity index (χ1n) is 10.5. The third-order valence-corrected chi connectivity index (χ3v) is 5.58. The van der Waals surface area contributed by atoms with Gasteiger partial charge in [-0.25, -0.2) is 0 Å². The van der Waals surface area contributed by atoms with Crippen LogP contribution in [0.4, 0.5) is 0 Å². The zero-order valence-electron chi connectivity index (χ0n) is 17.1. The van der Waals surface area contributed by atoms with Crippen LogP contribution in [0.2, 0.25) is 0 Å². The van der Waals surface area contributed by atoms with Crippen molar-refractivity contribution in [3.8, 4) is 5.75 Å². The second-order valence-electron chi connectivity index (χ2n) is 7.93. The first kappa shape index (κ1) is 19.4. The number of carbonyl (C=O) groups excluding carboxylic acids is 1. The Morgan fingerprint density at radius 2 is 2.06 bits per heavy atom. The Balaban J connectivity index is 1.12. The fraction of sp³-hybridized carbons (Fsp3) is 0.304. The van der Waals surface area contributed by atoms with Crippen LogP contribution in [0.5, 0.6) is 5.75 Å². The number of nitrogens with one attached hydrogen (secondary N) is 3. The minimum Gasteiger partial charge on any atom is -0.484 e. The van der Waals surface area contributed by atoms with E-state index >= 15 is 0 Å². The monoisotopic (exact) mass is 416 g/mol. The van der Waals surface area contributed by atoms with E-state index in [1.807, 2.05) is 36.5 Å². The lowest BCUT2D eigenvalue weighted by Gasteiger charge is -2.12. The second kappa shape index (κ2) is 8.69. The molecule has 1 unspecified atom stereocenters. The van der Waals surface area contributed by atoms with Crippen molar-refractivity contribution in [3.63, 3.8) is 0 Å². The Kier molecular flexibility index (Phi) is 5.45. The van der Waals surface area contributed by atoms with Crippen molar-refractivity contribution >= 4 is 28.2 Å². The van der Waals surface area contributed by atoms with Gasteiger partial charge in [-0.2, -0.15) is 15.3 Å². The topological polar surface area (TPSA) is 104 Å². The van der Waals surface area contributed by atoms with Crippen LogP contribution >= 0.6 is 0 Å². The van der Waals surface area contributed by atoms with Gasteiger partial charge < -0.3 is 15.4 Å². The summed E-state index contributed by atoms with van der Waals surface area (Å²) in [6, 6.07) is 14.1. The molecule has 31 heavy (non-hydrogen) atoms. The zero-order chi connectivity index (χ0) is 21.0. The van der Waals surface area contributed by atoms with E-state index in [0.29, 0.717) is 5.75 Å². The quantitative estimate of drug-likeness (QED) is 0.549. The van der Waals surface area contributed by atoms with Crippen LogP contribution in [0.15, 0.2) is 58.9 Å². The van der Waals surface area contributed by atoms with Crippen LogP contribution in [-0.2, 0) is 11.2 Å². The SMILES string of the molecule is O=C(COc1ccc(C2=NN=C(Cc3ccc4[nH]ncc4c3)C2)cc1)NC1CCNC1. The molecule has 0 radical (unpaired) electrons. The molecule has 1 atom stereocenters. The largest absolute Gasteiger partial charge is 0.484 e. The number of nitrogens with zero attached hydrogens (tertiary/aromatic N) is 3. The molecule has 1 amide bonds. The minimum absolute atomic E-state index is 0.0189. The highest BCUT2D eigenvalue weighted by atomic mass is 16.5. The molecule has 3 heterocycles. The Morgan fingerprint density at radius 1 is 1.16 bits per heavy atom. The molecule has 1 saturated heterocycles. The Bertz CT molecular complexity index is 1140. The van der Waals surface area contributed by atoms with E-state index in [-0.39, 0.29) is 18.6 Å². The summed E-state index contributed by atoms with van der Waals surface area (Å²) < 4.78 is 5.62. The van der Waals surface area contributed by atoms with Gasteiger partial charge in [0.2, 0.25) is 0 Å². The van der Waals surface area contributed by atoms with Crippen LogP contribution in [0.3, 0.4) is 0 Å². The summed E-state index contributed by atoms with van der Waals surface area (Å²) in [7, 11) is 0. The van der Waals surface area contributed by atoms with Crippen LogP contribution in [0, 0.1) is 0 Å². The third kappa shape index (κ3) is 4.64. The summed E-state index contributed by atoms with van der Waals surface area (Å²) in [4.78, 5) is 12.0. The molecule has 2 aliphatic rings. The van der Waals surface area contributed by atoms with E-state index in [2.05, 4.69) is 43.2 Å². The molecule has 158 valence electrons. The Hall–Kier alpha value is -3.52. The highest BCUT2D eigenvalue weighted by molar-refractivity contribution is 6.15. The Morgan fingerprint density at radius 3 is 2.90 bits per heavy atom. The fourth-order valence-corrected chi connectivity index (χ4v) is 3.93. The normalized spacial score (nSPS) is 18.1. The molecule has 3 N–H and O–H groups in total. The smallest absolute Gasteiger partial charge is 0.258 e. The second-order valence-corrected chi connectivity index (χ2v) is 7.93. The molecule has 0 spiro atoms. The lowest BCUT2D eigenvalue weighted by molar-refractivity contribution is -0.123. The molecule has 2 aliphatic heterocycles. The lowest BCUT2D eigenvalue weighted by Crippen LogP contribution is -2.39. The van der Waals surface area contributed by atoms with Gasteiger partial charge in [0.25, 0.3) is 5.91 Å². The van der Waals surface area contributed by atoms with E-state index in [1.54, 1.807) is 0 Å². The van der Waals surface area contributed by atoms with Crippen molar-refractivity contribution in [2.45, 2.75) is 25.3 Å². The maximum atomic E-state index is 12.0. The van der Waals surface area contributed by atoms with Gasteiger partial charge in [-0.05, 0) is 60.5 Å². The summed E-state index contributed by atoms with van der Waals surface area (Å²) in [5, 5.41) is 23.1. The Labute approximate surface area is 179 Å². The third-order valence-electron chi connectivity index (χ3n) is 5.58. The number of hydrogen-bond donors (Lipinski definition) is 3. The predicted octanol–water partition coefficient (Wildman–Crippen LogP) is 2.21. The number of benzene rings is 2. The van der Waals surface area contributed by atoms with Gasteiger partial charge >= 0.3 is 0 Å². The van der Waals surface area contributed by atoms with Gasteiger partial charge in [0.15, 0.2) is 6.61 Å². The molecule has 1 aromatic heterocycles. The van der Waals surface area contributed by atoms with Gasteiger partial charge in [0, 0.05) is 30.8 Å². The van der Waals surface area contributed by atoms with Crippen molar-refractivity contribution in [3.05, 3.63) is 59.8 Å². The highest BCUT2D eigenvalue weighted by Crippen LogP contribution is 2.19. The van der Waals surface area contributed by atoms with Crippen LogP contribution < -0.4 is 15.4 Å². The van der Waals surface area contributed by atoms with Crippen molar-refractivity contribution in [2.75, 3.05) is 19.7 Å². The summed E-state index contributed by atoms with van der Waals surface area (Å²) >= 11 is 0. The van der Waals surface area contributed by atoms with Crippen molar-refractivity contribution in [2.24, 2.45) is 10.2 Å². The molecule has 1 fully saturated rings. The minimum atomic E-state index is -0.0930. The standard InChI is InChI=1S/C23H24N6O2/c30-23(26-18-7-8-24-13-18)14-31-20-4-2-16(3-5-20)22-11-19(27-29-22)10-15-1-6-21-17(9-15)12-25-28-21/h1-6,9,12,18,24H,7-8,10-11,13-14H2,(H,25,28)(H,26,30). The molecule has 8 nitrogen and oxygen atoms in total. The molecule has 0 bridgehead atoms. The van der Waals surface area contributed by atoms with Crippen molar-refractivity contribution < 1.29 is 9.53 Å². The van der Waals surface area contributed by atoms with E-state index in [0.717, 1.165) is 60.2 Å². The summed E-state index contributed by atoms with van der Waals surface area (Å²) in [5.41, 5.74) is 5.22. The number of amides is 1. The van der Waals surface area contributed by atoms with Gasteiger partial charge in [-0.1, -0.05) is 6.07 Å². The fourth-order valence-electron chi connectivity index (χ4n) is 3.93. The van der Waals surface area contributed by atoms with Gasteiger partial charge in [0.05, 0.1) is 23.1 Å². The zero-order valence-corrected chi connectivity index (χ0v) is 17.1. The molecule has 5 rings (SSSR count). The summed E-state index contributed by atoms with van der Waals surface area (Å²) in [6.45, 7) is 1.79. The number of fused-ring (bicyclic) bond motifs is 1. The number of rotatable bonds is 7. The number of aromatic nitrogens is 2. The first-order valence-corrected chi connectivity index (χ1v) is 10.5. The molecule has 8 heteroatoms. The van der Waals surface area contributed by atoms with Gasteiger partial charge in [-0.15, -0.1) is 0 Å². The summed E-state index contributed by atoms with van der Waals surface area (Å²) in [5.74, 6) is 0.571. The maximum absolute atomic E-state index is 12.0. The number of carbonyl (C=O) groups is 1. The predicted molar refractivity (Wildman–Crippen MR) is 120 cm³/mol. The average Bonchev–Trinajstić information content (AvgIpc) is 3.55. The van der Waals surface area contributed by atoms with Crippen molar-refractivity contribution in [1.29, 1.82) is 0 Å². The van der Waals surface area contributed by atoms with Gasteiger partial charge in [0.1, 0.15) is 5.75 Å². The highest BCUT2D eigenvalue weighted by Gasteiger charge is 2.17. The van der Waals surface area contributed by atoms with Crippen LogP contribution in [0.25, 0.3) is 10.9 Å². The van der Waals surface area contributed by atoms with E-state index in [1.165, 1.54) is 5.56 Å². The van der Waals surface area contributed by atoms with Crippen molar-refractivity contribution in [1.82, 2.24) is 20.8 Å². The molecular weight excluding hydrogens is 392 g/mol. The maximum Gasteiger partial charge on any atom is 0.258 e. The molecule has 0 aliphatic carbocycles. The van der Waals surface area contributed by atoms with Gasteiger partial charge in [-0.3, -0.25) is 9.89 Å². The van der Waals surface area contributed by atoms with E-state index in [9.17, 15) is 4.79 Å². The molecule has 2 aromatic carbocycles. The molecule has 0 saturated carbocycles. The number of ether oxygens (including phenoxy) is 1. The van der Waals surface area contributed by atoms with Crippen LogP contribution in [0.1, 0.15) is 24.0 Å². The lowest BCUT2D eigenvalue weighted by atomic mass is 10.0. The first-order chi connectivity index (χ1) is 15.2. The number of aromatic amines is 1. The molecular formula is C23H24N6O2. The van der Waals surface area contributed by atoms with E-state index in [4.69, 9.17) is 4.74 Å².